The van der Waals surface area contributed by atoms with Crippen molar-refractivity contribution in [3.8, 4) is 11.5 Å². The number of amides is 2. The standard InChI is InChI=1S/C25H24N2O5S/c1-33(30,31)17-18-7-9-19(10-8-18)25(29)26-20-15-24(28)27(16-20)21-11-13-23(14-12-21)32-22-5-3-2-4-6-22/h2-14,20H,15-17H2,1H3,(H,26,29). The average molecular weight is 465 g/mol. The summed E-state index contributed by atoms with van der Waals surface area (Å²) in [5, 5.41) is 2.89. The number of sulfone groups is 1. The molecule has 0 spiro atoms. The molecule has 170 valence electrons. The number of carbonyl (C=O) groups excluding carboxylic acids is 2. The Hall–Kier alpha value is -3.65. The van der Waals surface area contributed by atoms with Gasteiger partial charge in [0.15, 0.2) is 9.84 Å². The predicted octanol–water partition coefficient (Wildman–Crippen LogP) is 3.56. The molecule has 2 amide bonds. The van der Waals surface area contributed by atoms with Crippen LogP contribution in [0.1, 0.15) is 22.3 Å². The molecular formula is C25H24N2O5S. The fourth-order valence-electron chi connectivity index (χ4n) is 3.70. The van der Waals surface area contributed by atoms with Crippen molar-refractivity contribution in [3.05, 3.63) is 90.0 Å². The molecule has 1 fully saturated rings. The van der Waals surface area contributed by atoms with Crippen molar-refractivity contribution in [1.29, 1.82) is 0 Å². The molecule has 1 saturated heterocycles. The summed E-state index contributed by atoms with van der Waals surface area (Å²) in [4.78, 5) is 26.8. The SMILES string of the molecule is CS(=O)(=O)Cc1ccc(C(=O)NC2CC(=O)N(c3ccc(Oc4ccccc4)cc3)C2)cc1. The van der Waals surface area contributed by atoms with Crippen molar-refractivity contribution in [2.24, 2.45) is 0 Å². The average Bonchev–Trinajstić information content (AvgIpc) is 3.14. The number of hydrogen-bond donors (Lipinski definition) is 1. The number of benzene rings is 3. The van der Waals surface area contributed by atoms with Crippen LogP contribution in [0.5, 0.6) is 11.5 Å². The van der Waals surface area contributed by atoms with Gasteiger partial charge >= 0.3 is 0 Å². The minimum absolute atomic E-state index is 0.0690. The normalized spacial score (nSPS) is 16.0. The van der Waals surface area contributed by atoms with Crippen molar-refractivity contribution in [2.75, 3.05) is 17.7 Å². The van der Waals surface area contributed by atoms with E-state index in [0.717, 1.165) is 11.4 Å². The molecule has 7 nitrogen and oxygen atoms in total. The van der Waals surface area contributed by atoms with E-state index in [-0.39, 0.29) is 30.0 Å². The Morgan fingerprint density at radius 1 is 0.970 bits per heavy atom. The molecule has 33 heavy (non-hydrogen) atoms. The molecular weight excluding hydrogens is 440 g/mol. The van der Waals surface area contributed by atoms with Gasteiger partial charge in [-0.25, -0.2) is 8.42 Å². The first-order chi connectivity index (χ1) is 15.8. The lowest BCUT2D eigenvalue weighted by atomic mass is 10.1. The first-order valence-electron chi connectivity index (χ1n) is 10.5. The highest BCUT2D eigenvalue weighted by Crippen LogP contribution is 2.27. The summed E-state index contributed by atoms with van der Waals surface area (Å²) in [5.74, 6) is 0.957. The molecule has 3 aromatic rings. The number of ether oxygens (including phenoxy) is 1. The van der Waals surface area contributed by atoms with Crippen LogP contribution in [0.15, 0.2) is 78.9 Å². The van der Waals surface area contributed by atoms with Gasteiger partial charge in [0.25, 0.3) is 5.91 Å². The Kier molecular flexibility index (Phi) is 6.46. The van der Waals surface area contributed by atoms with Crippen molar-refractivity contribution in [3.63, 3.8) is 0 Å². The summed E-state index contributed by atoms with van der Waals surface area (Å²) >= 11 is 0. The lowest BCUT2D eigenvalue weighted by Gasteiger charge is -2.18. The van der Waals surface area contributed by atoms with E-state index in [4.69, 9.17) is 4.74 Å². The number of nitrogens with one attached hydrogen (secondary N) is 1. The van der Waals surface area contributed by atoms with Crippen LogP contribution in [0.2, 0.25) is 0 Å². The molecule has 0 saturated carbocycles. The van der Waals surface area contributed by atoms with Crippen molar-refractivity contribution < 1.29 is 22.7 Å². The quantitative estimate of drug-likeness (QED) is 0.577. The lowest BCUT2D eigenvalue weighted by Crippen LogP contribution is -2.37. The summed E-state index contributed by atoms with van der Waals surface area (Å²) in [6.07, 6.45) is 1.38. The van der Waals surface area contributed by atoms with E-state index in [9.17, 15) is 18.0 Å². The Morgan fingerprint density at radius 3 is 2.24 bits per heavy atom. The second kappa shape index (κ2) is 9.46. The van der Waals surface area contributed by atoms with Gasteiger partial charge in [-0.3, -0.25) is 9.59 Å². The molecule has 0 aromatic heterocycles. The van der Waals surface area contributed by atoms with Crippen LogP contribution in [-0.4, -0.2) is 39.1 Å². The van der Waals surface area contributed by atoms with Crippen LogP contribution in [-0.2, 0) is 20.4 Å². The molecule has 1 N–H and O–H groups in total. The van der Waals surface area contributed by atoms with Gasteiger partial charge in [-0.1, -0.05) is 30.3 Å². The minimum atomic E-state index is -3.14. The zero-order valence-corrected chi connectivity index (χ0v) is 18.9. The van der Waals surface area contributed by atoms with Crippen LogP contribution >= 0.6 is 0 Å². The van der Waals surface area contributed by atoms with Gasteiger partial charge in [-0.2, -0.15) is 0 Å². The predicted molar refractivity (Wildman–Crippen MR) is 126 cm³/mol. The van der Waals surface area contributed by atoms with Crippen molar-refractivity contribution in [1.82, 2.24) is 5.32 Å². The third-order valence-corrected chi connectivity index (χ3v) is 6.09. The summed E-state index contributed by atoms with van der Waals surface area (Å²) in [6.45, 7) is 0.371. The van der Waals surface area contributed by atoms with Gasteiger partial charge in [-0.15, -0.1) is 0 Å². The third-order valence-electron chi connectivity index (χ3n) is 5.23. The van der Waals surface area contributed by atoms with Gasteiger partial charge in [0.1, 0.15) is 11.5 Å². The number of anilines is 1. The number of para-hydroxylation sites is 1. The maximum Gasteiger partial charge on any atom is 0.251 e. The fourth-order valence-corrected chi connectivity index (χ4v) is 4.49. The Morgan fingerprint density at radius 2 is 1.61 bits per heavy atom. The number of hydrogen-bond acceptors (Lipinski definition) is 5. The summed E-state index contributed by atoms with van der Waals surface area (Å²) in [5.41, 5.74) is 1.78. The summed E-state index contributed by atoms with van der Waals surface area (Å²) in [6, 6.07) is 22.8. The maximum atomic E-state index is 12.6. The van der Waals surface area contributed by atoms with Gasteiger partial charge in [0.05, 0.1) is 11.8 Å². The van der Waals surface area contributed by atoms with E-state index >= 15 is 0 Å². The van der Waals surface area contributed by atoms with E-state index in [1.165, 1.54) is 6.26 Å². The molecule has 1 atom stereocenters. The molecule has 0 bridgehead atoms. The van der Waals surface area contributed by atoms with Gasteiger partial charge in [0, 0.05) is 30.5 Å². The maximum absolute atomic E-state index is 12.6. The highest BCUT2D eigenvalue weighted by atomic mass is 32.2. The Labute approximate surface area is 192 Å². The van der Waals surface area contributed by atoms with E-state index in [1.807, 2.05) is 42.5 Å². The van der Waals surface area contributed by atoms with E-state index in [2.05, 4.69) is 5.32 Å². The number of carbonyl (C=O) groups is 2. The summed E-state index contributed by atoms with van der Waals surface area (Å²) in [7, 11) is -3.14. The Balaban J connectivity index is 1.35. The molecule has 1 heterocycles. The number of nitrogens with zero attached hydrogens (tertiary/aromatic N) is 1. The van der Waals surface area contributed by atoms with E-state index in [0.29, 0.717) is 23.4 Å². The first kappa shape index (κ1) is 22.5. The van der Waals surface area contributed by atoms with E-state index < -0.39 is 9.84 Å². The first-order valence-corrected chi connectivity index (χ1v) is 12.5. The third kappa shape index (κ3) is 5.98. The van der Waals surface area contributed by atoms with Crippen LogP contribution < -0.4 is 15.0 Å². The molecule has 0 aliphatic carbocycles. The topological polar surface area (TPSA) is 92.8 Å². The largest absolute Gasteiger partial charge is 0.457 e. The Bertz CT molecular complexity index is 1240. The van der Waals surface area contributed by atoms with E-state index in [1.54, 1.807) is 41.3 Å². The summed E-state index contributed by atoms with van der Waals surface area (Å²) < 4.78 is 28.6. The number of rotatable bonds is 7. The van der Waals surface area contributed by atoms with Crippen LogP contribution in [0, 0.1) is 0 Å². The fraction of sp³-hybridized carbons (Fsp3) is 0.200. The molecule has 3 aromatic carbocycles. The molecule has 8 heteroatoms. The van der Waals surface area contributed by atoms with Gasteiger partial charge < -0.3 is 15.0 Å². The van der Waals surface area contributed by atoms with Crippen molar-refractivity contribution >= 4 is 27.3 Å². The van der Waals surface area contributed by atoms with Crippen LogP contribution in [0.4, 0.5) is 5.69 Å². The molecule has 1 aliphatic rings. The van der Waals surface area contributed by atoms with Crippen LogP contribution in [0.25, 0.3) is 0 Å². The molecule has 4 rings (SSSR count). The zero-order valence-electron chi connectivity index (χ0n) is 18.1. The molecule has 1 aliphatic heterocycles. The monoisotopic (exact) mass is 464 g/mol. The smallest absolute Gasteiger partial charge is 0.251 e. The van der Waals surface area contributed by atoms with Crippen molar-refractivity contribution in [2.45, 2.75) is 18.2 Å². The minimum Gasteiger partial charge on any atom is -0.457 e. The second-order valence-corrected chi connectivity index (χ2v) is 10.2. The van der Waals surface area contributed by atoms with Gasteiger partial charge in [-0.05, 0) is 54.1 Å². The molecule has 0 radical (unpaired) electrons. The second-order valence-electron chi connectivity index (χ2n) is 8.05. The highest BCUT2D eigenvalue weighted by Gasteiger charge is 2.31. The lowest BCUT2D eigenvalue weighted by molar-refractivity contribution is -0.117. The zero-order chi connectivity index (χ0) is 23.4. The highest BCUT2D eigenvalue weighted by molar-refractivity contribution is 7.89. The van der Waals surface area contributed by atoms with Gasteiger partial charge in [0.2, 0.25) is 5.91 Å². The molecule has 1 unspecified atom stereocenters. The van der Waals surface area contributed by atoms with Crippen LogP contribution in [0.3, 0.4) is 0 Å².